The van der Waals surface area contributed by atoms with E-state index in [4.69, 9.17) is 0 Å². The number of allylic oxidation sites excluding steroid dienone is 2. The number of nitrogens with one attached hydrogen (secondary N) is 1. The summed E-state index contributed by atoms with van der Waals surface area (Å²) < 4.78 is 0. The van der Waals surface area contributed by atoms with Crippen molar-refractivity contribution in [3.8, 4) is 0 Å². The molecule has 0 spiro atoms. The average molecular weight is 194 g/mol. The first-order valence-electron chi connectivity index (χ1n) is 5.10. The summed E-state index contributed by atoms with van der Waals surface area (Å²) in [4.78, 5) is 0. The molecular formula is C12H20NO-. The molecular weight excluding hydrogens is 174 g/mol. The molecule has 1 rings (SSSR count). The third kappa shape index (κ3) is 2.07. The summed E-state index contributed by atoms with van der Waals surface area (Å²) in [6, 6.07) is 0. The van der Waals surface area contributed by atoms with Crippen LogP contribution in [0.2, 0.25) is 0 Å². The Kier molecular flexibility index (Phi) is 2.88. The highest BCUT2D eigenvalue weighted by molar-refractivity contribution is 5.34. The van der Waals surface area contributed by atoms with Gasteiger partial charge in [0.15, 0.2) is 0 Å². The van der Waals surface area contributed by atoms with Crippen LogP contribution >= 0.6 is 0 Å². The van der Waals surface area contributed by atoms with Gasteiger partial charge in [0, 0.05) is 5.54 Å². The first-order chi connectivity index (χ1) is 6.29. The molecule has 0 heterocycles. The Bertz CT molecular complexity index is 273. The fourth-order valence-electron chi connectivity index (χ4n) is 1.54. The zero-order valence-electron chi connectivity index (χ0n) is 9.72. The van der Waals surface area contributed by atoms with E-state index in [1.54, 1.807) is 0 Å². The normalized spacial score (nSPS) is 33.0. The van der Waals surface area contributed by atoms with Gasteiger partial charge < -0.3 is 10.7 Å². The molecule has 1 aliphatic carbocycles. The maximum absolute atomic E-state index is 10.8. The molecule has 14 heavy (non-hydrogen) atoms. The first-order valence-corrected chi connectivity index (χ1v) is 5.10. The summed E-state index contributed by atoms with van der Waals surface area (Å²) in [6.45, 7) is 10.5. The second kappa shape index (κ2) is 3.52. The van der Waals surface area contributed by atoms with Crippen LogP contribution in [0.15, 0.2) is 23.8 Å². The predicted octanol–water partition coefficient (Wildman–Crippen LogP) is 3.01. The zero-order chi connectivity index (χ0) is 11.0. The summed E-state index contributed by atoms with van der Waals surface area (Å²) in [7, 11) is 0. The minimum absolute atomic E-state index is 0.162. The molecule has 1 aliphatic rings. The summed E-state index contributed by atoms with van der Waals surface area (Å²) in [5.74, 6) is 0.235. The lowest BCUT2D eigenvalue weighted by molar-refractivity contribution is 0.382. The van der Waals surface area contributed by atoms with Gasteiger partial charge in [0.05, 0.1) is 0 Å². The van der Waals surface area contributed by atoms with Crippen molar-refractivity contribution in [2.45, 2.75) is 40.2 Å². The van der Waals surface area contributed by atoms with Crippen LogP contribution in [0, 0.1) is 16.5 Å². The Morgan fingerprint density at radius 1 is 1.43 bits per heavy atom. The molecule has 1 N–H and O–H groups in total. The second-order valence-corrected chi connectivity index (χ2v) is 5.38. The molecule has 0 aromatic carbocycles. The van der Waals surface area contributed by atoms with Gasteiger partial charge in [-0.05, 0) is 23.8 Å². The maximum atomic E-state index is 10.8. The van der Waals surface area contributed by atoms with E-state index in [0.29, 0.717) is 0 Å². The first kappa shape index (κ1) is 11.5. The smallest absolute Gasteiger partial charge is 0.0286 e. The third-order valence-electron chi connectivity index (χ3n) is 3.07. The topological polar surface area (TPSA) is 35.1 Å². The van der Waals surface area contributed by atoms with Crippen molar-refractivity contribution >= 4 is 0 Å². The molecule has 0 radical (unpaired) electrons. The average Bonchev–Trinajstić information content (AvgIpc) is 2.08. The molecule has 0 bridgehead atoms. The molecule has 2 heteroatoms. The van der Waals surface area contributed by atoms with Gasteiger partial charge in [-0.25, -0.2) is 0 Å². The molecule has 0 fully saturated rings. The number of hydrogen-bond acceptors (Lipinski definition) is 2. The van der Waals surface area contributed by atoms with E-state index in [-0.39, 0.29) is 11.3 Å². The third-order valence-corrected chi connectivity index (χ3v) is 3.07. The molecule has 0 amide bonds. The van der Waals surface area contributed by atoms with Crippen LogP contribution in [0.25, 0.3) is 0 Å². The van der Waals surface area contributed by atoms with Crippen molar-refractivity contribution in [2.75, 3.05) is 0 Å². The highest BCUT2D eigenvalue weighted by atomic mass is 16.5. The van der Waals surface area contributed by atoms with E-state index in [1.807, 2.05) is 13.0 Å². The van der Waals surface area contributed by atoms with Crippen LogP contribution in [0.3, 0.4) is 0 Å². The van der Waals surface area contributed by atoms with E-state index < -0.39 is 5.54 Å². The quantitative estimate of drug-likeness (QED) is 0.651. The lowest BCUT2D eigenvalue weighted by Gasteiger charge is -2.40. The minimum Gasteiger partial charge on any atom is -0.787 e. The fraction of sp³-hybridized carbons (Fsp3) is 0.667. The summed E-state index contributed by atoms with van der Waals surface area (Å²) in [5, 5.41) is 10.8. The van der Waals surface area contributed by atoms with Gasteiger partial charge in [-0.2, -0.15) is 0 Å². The Morgan fingerprint density at radius 3 is 2.36 bits per heavy atom. The van der Waals surface area contributed by atoms with Crippen LogP contribution < -0.4 is 5.48 Å². The molecule has 2 nitrogen and oxygen atoms in total. The van der Waals surface area contributed by atoms with E-state index in [0.717, 1.165) is 0 Å². The molecule has 0 aromatic rings. The van der Waals surface area contributed by atoms with Gasteiger partial charge in [0.1, 0.15) is 0 Å². The highest BCUT2D eigenvalue weighted by Gasteiger charge is 2.28. The predicted molar refractivity (Wildman–Crippen MR) is 60.7 cm³/mol. The Labute approximate surface area is 86.7 Å². The van der Waals surface area contributed by atoms with E-state index >= 15 is 0 Å². The van der Waals surface area contributed by atoms with Crippen molar-refractivity contribution in [1.29, 1.82) is 0 Å². The van der Waals surface area contributed by atoms with Crippen molar-refractivity contribution in [1.82, 2.24) is 5.48 Å². The highest BCUT2D eigenvalue weighted by Crippen LogP contribution is 2.34. The summed E-state index contributed by atoms with van der Waals surface area (Å²) in [6.07, 6.45) is 6.22. The molecule has 0 aliphatic heterocycles. The lowest BCUT2D eigenvalue weighted by Crippen LogP contribution is -2.43. The van der Waals surface area contributed by atoms with Crippen molar-refractivity contribution < 1.29 is 0 Å². The monoisotopic (exact) mass is 194 g/mol. The van der Waals surface area contributed by atoms with Crippen LogP contribution in [0.5, 0.6) is 0 Å². The number of hydroxylamine groups is 1. The fourth-order valence-corrected chi connectivity index (χ4v) is 1.54. The van der Waals surface area contributed by atoms with Crippen molar-refractivity contribution in [3.05, 3.63) is 29.0 Å². The summed E-state index contributed by atoms with van der Waals surface area (Å²) in [5.41, 5.74) is 3.15. The van der Waals surface area contributed by atoms with E-state index in [2.05, 4.69) is 45.3 Å². The Morgan fingerprint density at radius 2 is 2.00 bits per heavy atom. The van der Waals surface area contributed by atoms with Crippen LogP contribution in [0.4, 0.5) is 0 Å². The molecule has 2 unspecified atom stereocenters. The van der Waals surface area contributed by atoms with Crippen molar-refractivity contribution in [3.63, 3.8) is 0 Å². The SMILES string of the molecule is CC1C=C(C(C)(C)C)C=CC1(C)N[O-]. The van der Waals surface area contributed by atoms with Gasteiger partial charge in [-0.1, -0.05) is 45.9 Å². The van der Waals surface area contributed by atoms with Gasteiger partial charge in [-0.15, -0.1) is 0 Å². The lowest BCUT2D eigenvalue weighted by atomic mass is 9.75. The standard InChI is InChI=1S/C12H20NO/c1-9-8-10(11(2,3)4)6-7-12(9,5)13-14/h6-9,13H,1-5H3/q-1. The second-order valence-electron chi connectivity index (χ2n) is 5.38. The van der Waals surface area contributed by atoms with Crippen molar-refractivity contribution in [2.24, 2.45) is 11.3 Å². The van der Waals surface area contributed by atoms with Crippen LogP contribution in [0.1, 0.15) is 34.6 Å². The van der Waals surface area contributed by atoms with Gasteiger partial charge >= 0.3 is 0 Å². The maximum Gasteiger partial charge on any atom is 0.0286 e. The molecule has 0 saturated heterocycles. The molecule has 80 valence electrons. The molecule has 0 saturated carbocycles. The van der Waals surface area contributed by atoms with Crippen LogP contribution in [-0.4, -0.2) is 5.54 Å². The summed E-state index contributed by atoms with van der Waals surface area (Å²) >= 11 is 0. The Balaban J connectivity index is 2.93. The Hall–Kier alpha value is -0.600. The minimum atomic E-state index is -0.436. The number of rotatable bonds is 1. The van der Waals surface area contributed by atoms with Gasteiger partial charge in [0.2, 0.25) is 0 Å². The van der Waals surface area contributed by atoms with Gasteiger partial charge in [0.25, 0.3) is 0 Å². The molecule has 2 atom stereocenters. The van der Waals surface area contributed by atoms with Gasteiger partial charge in [-0.3, -0.25) is 0 Å². The zero-order valence-corrected chi connectivity index (χ0v) is 9.72. The number of hydrogen-bond donors (Lipinski definition) is 1. The molecule has 0 aromatic heterocycles. The van der Waals surface area contributed by atoms with E-state index in [9.17, 15) is 5.21 Å². The van der Waals surface area contributed by atoms with Crippen LogP contribution in [-0.2, 0) is 0 Å². The van der Waals surface area contributed by atoms with E-state index in [1.165, 1.54) is 5.57 Å². The largest absolute Gasteiger partial charge is 0.787 e.